The van der Waals surface area contributed by atoms with Crippen LogP contribution in [-0.4, -0.2) is 39.8 Å². The van der Waals surface area contributed by atoms with Crippen molar-refractivity contribution in [2.75, 3.05) is 7.11 Å². The molecule has 0 radical (unpaired) electrons. The highest BCUT2D eigenvalue weighted by Gasteiger charge is 2.26. The van der Waals surface area contributed by atoms with Crippen molar-refractivity contribution in [3.8, 4) is 5.75 Å². The van der Waals surface area contributed by atoms with Crippen LogP contribution in [-0.2, 0) is 6.54 Å². The average molecular weight is 411 g/mol. The highest BCUT2D eigenvalue weighted by molar-refractivity contribution is 6.06. The number of carbonyl (C=O) groups is 1. The number of halogens is 1. The number of aliphatic hydroxyl groups excluding tert-OH is 1. The van der Waals surface area contributed by atoms with Crippen LogP contribution in [0.1, 0.15) is 47.2 Å². The molecule has 1 amide bonds. The number of amides is 1. The van der Waals surface area contributed by atoms with Crippen LogP contribution in [0, 0.1) is 12.7 Å². The van der Waals surface area contributed by atoms with Gasteiger partial charge in [-0.1, -0.05) is 18.9 Å². The first-order valence-electron chi connectivity index (χ1n) is 10.2. The topological polar surface area (TPSA) is 76.4 Å². The largest absolute Gasteiger partial charge is 0.494 e. The van der Waals surface area contributed by atoms with Crippen LogP contribution < -0.4 is 10.1 Å². The normalized spacial score (nSPS) is 19.1. The number of fused-ring (bicyclic) bond motifs is 1. The maximum Gasteiger partial charge on any atom is 0.255 e. The van der Waals surface area contributed by atoms with Gasteiger partial charge in [0.25, 0.3) is 5.91 Å². The molecule has 0 spiro atoms. The van der Waals surface area contributed by atoms with E-state index >= 15 is 0 Å². The monoisotopic (exact) mass is 411 g/mol. The predicted molar refractivity (Wildman–Crippen MR) is 112 cm³/mol. The molecule has 158 valence electrons. The van der Waals surface area contributed by atoms with Gasteiger partial charge in [-0.05, 0) is 49.1 Å². The summed E-state index contributed by atoms with van der Waals surface area (Å²) in [5, 5.41) is 13.2. The van der Waals surface area contributed by atoms with Gasteiger partial charge in [0.05, 0.1) is 30.3 Å². The van der Waals surface area contributed by atoms with Crippen LogP contribution in [0.5, 0.6) is 5.75 Å². The first-order valence-corrected chi connectivity index (χ1v) is 10.2. The summed E-state index contributed by atoms with van der Waals surface area (Å²) in [6.07, 6.45) is 6.36. The number of hydrogen-bond acceptors (Lipinski definition) is 4. The molecule has 2 atom stereocenters. The Kier molecular flexibility index (Phi) is 5.72. The minimum Gasteiger partial charge on any atom is -0.494 e. The van der Waals surface area contributed by atoms with Gasteiger partial charge in [-0.25, -0.2) is 4.39 Å². The Hall–Kier alpha value is -2.93. The van der Waals surface area contributed by atoms with Crippen molar-refractivity contribution in [2.24, 2.45) is 0 Å². The smallest absolute Gasteiger partial charge is 0.255 e. The van der Waals surface area contributed by atoms with Gasteiger partial charge < -0.3 is 19.7 Å². The Labute approximate surface area is 174 Å². The number of hydrogen-bond donors (Lipinski definition) is 2. The zero-order valence-electron chi connectivity index (χ0n) is 17.2. The Morgan fingerprint density at radius 1 is 1.33 bits per heavy atom. The number of rotatable bonds is 5. The van der Waals surface area contributed by atoms with Crippen LogP contribution in [0.15, 0.2) is 36.7 Å². The van der Waals surface area contributed by atoms with E-state index in [1.807, 2.05) is 17.6 Å². The second-order valence-corrected chi connectivity index (χ2v) is 7.90. The third-order valence-corrected chi connectivity index (χ3v) is 5.81. The molecule has 30 heavy (non-hydrogen) atoms. The first kappa shape index (κ1) is 20.3. The third kappa shape index (κ3) is 3.89. The van der Waals surface area contributed by atoms with Gasteiger partial charge in [-0.2, -0.15) is 0 Å². The summed E-state index contributed by atoms with van der Waals surface area (Å²) in [6.45, 7) is 2.35. The number of aliphatic hydroxyl groups is 1. The second-order valence-electron chi connectivity index (χ2n) is 7.90. The number of benzene rings is 1. The molecule has 0 unspecified atom stereocenters. The van der Waals surface area contributed by atoms with Crippen LogP contribution in [0.3, 0.4) is 0 Å². The molecule has 0 saturated heterocycles. The molecule has 6 nitrogen and oxygen atoms in total. The highest BCUT2D eigenvalue weighted by atomic mass is 19.1. The van der Waals surface area contributed by atoms with Crippen molar-refractivity contribution >= 4 is 16.9 Å². The molecule has 1 aromatic carbocycles. The Morgan fingerprint density at radius 3 is 2.87 bits per heavy atom. The minimum atomic E-state index is -0.520. The van der Waals surface area contributed by atoms with E-state index in [9.17, 15) is 14.3 Å². The molecular weight excluding hydrogens is 385 g/mol. The van der Waals surface area contributed by atoms with Crippen LogP contribution in [0.2, 0.25) is 0 Å². The van der Waals surface area contributed by atoms with Gasteiger partial charge in [0.1, 0.15) is 5.52 Å². The fraction of sp³-hybridized carbons (Fsp3) is 0.391. The van der Waals surface area contributed by atoms with E-state index in [2.05, 4.69) is 10.3 Å². The SMILES string of the molecule is COc1ccc(Cn2cc(C(=O)N[C@H]3CCCC[C@@H]3O)c3nccc(C)c32)cc1F. The molecule has 2 N–H and O–H groups in total. The van der Waals surface area contributed by atoms with Gasteiger partial charge in [0.15, 0.2) is 11.6 Å². The molecule has 7 heteroatoms. The molecule has 3 aromatic rings. The van der Waals surface area contributed by atoms with Crippen LogP contribution >= 0.6 is 0 Å². The Bertz CT molecular complexity index is 1080. The molecule has 1 fully saturated rings. The van der Waals surface area contributed by atoms with Crippen molar-refractivity contribution in [1.29, 1.82) is 0 Å². The van der Waals surface area contributed by atoms with E-state index in [1.165, 1.54) is 13.2 Å². The maximum absolute atomic E-state index is 14.1. The lowest BCUT2D eigenvalue weighted by atomic mass is 9.92. The van der Waals surface area contributed by atoms with Crippen LogP contribution in [0.4, 0.5) is 4.39 Å². The molecule has 2 heterocycles. The number of aryl methyl sites for hydroxylation is 1. The molecule has 1 saturated carbocycles. The Morgan fingerprint density at radius 2 is 2.13 bits per heavy atom. The molecule has 0 bridgehead atoms. The quantitative estimate of drug-likeness (QED) is 0.673. The first-order chi connectivity index (χ1) is 14.5. The predicted octanol–water partition coefficient (Wildman–Crippen LogP) is 3.57. The number of aromatic nitrogens is 2. The number of pyridine rings is 1. The molecule has 0 aliphatic heterocycles. The van der Waals surface area contributed by atoms with Gasteiger partial charge in [0, 0.05) is 18.9 Å². The summed E-state index contributed by atoms with van der Waals surface area (Å²) < 4.78 is 21.1. The highest BCUT2D eigenvalue weighted by Crippen LogP contribution is 2.26. The molecule has 1 aliphatic rings. The molecule has 1 aliphatic carbocycles. The number of methoxy groups -OCH3 is 1. The summed E-state index contributed by atoms with van der Waals surface area (Å²) in [5.41, 5.74) is 3.63. The minimum absolute atomic E-state index is 0.195. The summed E-state index contributed by atoms with van der Waals surface area (Å²) >= 11 is 0. The summed E-state index contributed by atoms with van der Waals surface area (Å²) in [4.78, 5) is 17.5. The van der Waals surface area contributed by atoms with E-state index in [4.69, 9.17) is 4.74 Å². The van der Waals surface area contributed by atoms with Crippen LogP contribution in [0.25, 0.3) is 11.0 Å². The molecular formula is C23H26FN3O3. The van der Waals surface area contributed by atoms with E-state index < -0.39 is 11.9 Å². The second kappa shape index (κ2) is 8.44. The third-order valence-electron chi connectivity index (χ3n) is 5.81. The van der Waals surface area contributed by atoms with E-state index in [1.54, 1.807) is 24.5 Å². The number of carbonyl (C=O) groups excluding carboxylic acids is 1. The van der Waals surface area contributed by atoms with Crippen molar-refractivity contribution in [1.82, 2.24) is 14.9 Å². The zero-order chi connectivity index (χ0) is 21.3. The van der Waals surface area contributed by atoms with Gasteiger partial charge in [0.2, 0.25) is 0 Å². The standard InChI is InChI=1S/C23H26FN3O3/c1-14-9-10-25-21-16(23(29)26-18-5-3-4-6-19(18)28)13-27(22(14)21)12-15-7-8-20(30-2)17(24)11-15/h7-11,13,18-19,28H,3-6,12H2,1-2H3,(H,26,29)/t18-,19-/m0/s1. The summed E-state index contributed by atoms with van der Waals surface area (Å²) in [5.74, 6) is -0.477. The lowest BCUT2D eigenvalue weighted by molar-refractivity contribution is 0.0718. The van der Waals surface area contributed by atoms with Gasteiger partial charge >= 0.3 is 0 Å². The van der Waals surface area contributed by atoms with E-state index in [-0.39, 0.29) is 17.7 Å². The molecule has 2 aromatic heterocycles. The zero-order valence-corrected chi connectivity index (χ0v) is 17.2. The Balaban J connectivity index is 1.67. The average Bonchev–Trinajstić information content (AvgIpc) is 3.10. The number of nitrogens with zero attached hydrogens (tertiary/aromatic N) is 2. The van der Waals surface area contributed by atoms with Crippen molar-refractivity contribution in [2.45, 2.75) is 51.3 Å². The van der Waals surface area contributed by atoms with Gasteiger partial charge in [-0.15, -0.1) is 0 Å². The van der Waals surface area contributed by atoms with E-state index in [0.29, 0.717) is 24.0 Å². The summed E-state index contributed by atoms with van der Waals surface area (Å²) in [6, 6.07) is 6.48. The fourth-order valence-electron chi connectivity index (χ4n) is 4.21. The van der Waals surface area contributed by atoms with Crippen molar-refractivity contribution in [3.05, 3.63) is 59.2 Å². The van der Waals surface area contributed by atoms with Gasteiger partial charge in [-0.3, -0.25) is 9.78 Å². The van der Waals surface area contributed by atoms with Crippen molar-refractivity contribution < 1.29 is 19.0 Å². The van der Waals surface area contributed by atoms with Crippen molar-refractivity contribution in [3.63, 3.8) is 0 Å². The lowest BCUT2D eigenvalue weighted by Crippen LogP contribution is -2.45. The number of nitrogens with one attached hydrogen (secondary N) is 1. The fourth-order valence-corrected chi connectivity index (χ4v) is 4.21. The van der Waals surface area contributed by atoms with E-state index in [0.717, 1.165) is 35.9 Å². The molecule has 4 rings (SSSR count). The lowest BCUT2D eigenvalue weighted by Gasteiger charge is -2.28. The maximum atomic E-state index is 14.1. The number of ether oxygens (including phenoxy) is 1. The summed E-state index contributed by atoms with van der Waals surface area (Å²) in [7, 11) is 1.43.